The summed E-state index contributed by atoms with van der Waals surface area (Å²) in [7, 11) is 0. The minimum Gasteiger partial charge on any atom is -0.391 e. The van der Waals surface area contributed by atoms with Crippen molar-refractivity contribution in [3.05, 3.63) is 52.1 Å². The first-order valence-electron chi connectivity index (χ1n) is 5.90. The Hall–Kier alpha value is -2.30. The number of fused-ring (bicyclic) bond motifs is 1. The summed E-state index contributed by atoms with van der Waals surface area (Å²) >= 11 is 0. The van der Waals surface area contributed by atoms with Gasteiger partial charge in [-0.05, 0) is 24.0 Å². The third-order valence-electron chi connectivity index (χ3n) is 3.28. The molecule has 1 aromatic heterocycles. The second-order valence-electron chi connectivity index (χ2n) is 4.51. The summed E-state index contributed by atoms with van der Waals surface area (Å²) in [6.45, 7) is 0. The SMILES string of the molecule is Nc1c(NC2Cc3ccccc3C2)nc[nH]c1=O. The summed E-state index contributed by atoms with van der Waals surface area (Å²) in [5.74, 6) is 0.469. The van der Waals surface area contributed by atoms with E-state index in [1.54, 1.807) is 0 Å². The van der Waals surface area contributed by atoms with E-state index in [1.165, 1.54) is 17.5 Å². The number of nitrogens with zero attached hydrogens (tertiary/aromatic N) is 1. The molecule has 0 atom stereocenters. The van der Waals surface area contributed by atoms with E-state index in [0.29, 0.717) is 5.82 Å². The number of nitrogens with one attached hydrogen (secondary N) is 2. The van der Waals surface area contributed by atoms with Gasteiger partial charge in [0.05, 0.1) is 6.33 Å². The highest BCUT2D eigenvalue weighted by Gasteiger charge is 2.21. The van der Waals surface area contributed by atoms with Gasteiger partial charge in [-0.2, -0.15) is 0 Å². The standard InChI is InChI=1S/C13H14N4O/c14-11-12(15-7-16-13(11)18)17-10-5-8-3-1-2-4-9(8)6-10/h1-4,7,10H,5-6,14H2,(H2,15,16,17,18). The molecule has 1 aromatic carbocycles. The van der Waals surface area contributed by atoms with Gasteiger partial charge in [0, 0.05) is 6.04 Å². The molecule has 0 aliphatic heterocycles. The van der Waals surface area contributed by atoms with E-state index in [-0.39, 0.29) is 17.3 Å². The van der Waals surface area contributed by atoms with E-state index < -0.39 is 0 Å². The molecule has 1 aliphatic carbocycles. The van der Waals surface area contributed by atoms with Gasteiger partial charge in [-0.3, -0.25) is 4.79 Å². The van der Waals surface area contributed by atoms with Crippen LogP contribution in [0.25, 0.3) is 0 Å². The zero-order valence-electron chi connectivity index (χ0n) is 9.81. The third kappa shape index (κ3) is 1.84. The van der Waals surface area contributed by atoms with Gasteiger partial charge in [-0.25, -0.2) is 4.98 Å². The van der Waals surface area contributed by atoms with E-state index >= 15 is 0 Å². The minimum absolute atomic E-state index is 0.147. The second-order valence-corrected chi connectivity index (χ2v) is 4.51. The zero-order chi connectivity index (χ0) is 12.5. The van der Waals surface area contributed by atoms with Gasteiger partial charge < -0.3 is 16.0 Å². The van der Waals surface area contributed by atoms with Crippen molar-refractivity contribution in [3.8, 4) is 0 Å². The van der Waals surface area contributed by atoms with E-state index in [9.17, 15) is 4.79 Å². The van der Waals surface area contributed by atoms with Crippen molar-refractivity contribution in [1.82, 2.24) is 9.97 Å². The van der Waals surface area contributed by atoms with E-state index in [4.69, 9.17) is 5.73 Å². The van der Waals surface area contributed by atoms with Crippen LogP contribution in [-0.2, 0) is 12.8 Å². The molecule has 0 amide bonds. The van der Waals surface area contributed by atoms with Crippen LogP contribution in [0.3, 0.4) is 0 Å². The minimum atomic E-state index is -0.303. The number of nitrogens with two attached hydrogens (primary N) is 1. The maximum absolute atomic E-state index is 11.4. The number of aromatic amines is 1. The molecule has 92 valence electrons. The quantitative estimate of drug-likeness (QED) is 0.731. The van der Waals surface area contributed by atoms with Crippen LogP contribution in [0.15, 0.2) is 35.4 Å². The molecule has 1 aliphatic rings. The average molecular weight is 242 g/mol. The molecule has 4 N–H and O–H groups in total. The third-order valence-corrected chi connectivity index (χ3v) is 3.28. The van der Waals surface area contributed by atoms with E-state index in [1.807, 2.05) is 12.1 Å². The first-order valence-corrected chi connectivity index (χ1v) is 5.90. The number of nitrogen functional groups attached to an aromatic ring is 1. The van der Waals surface area contributed by atoms with Crippen LogP contribution < -0.4 is 16.6 Å². The molecule has 0 saturated carbocycles. The molecule has 0 bridgehead atoms. The Morgan fingerprint density at radius 3 is 2.61 bits per heavy atom. The maximum Gasteiger partial charge on any atom is 0.276 e. The highest BCUT2D eigenvalue weighted by Crippen LogP contribution is 2.24. The number of anilines is 2. The molecule has 5 heteroatoms. The molecule has 18 heavy (non-hydrogen) atoms. The van der Waals surface area contributed by atoms with Crippen molar-refractivity contribution >= 4 is 11.5 Å². The molecule has 3 rings (SSSR count). The van der Waals surface area contributed by atoms with Gasteiger partial charge in [-0.1, -0.05) is 24.3 Å². The number of H-pyrrole nitrogens is 1. The van der Waals surface area contributed by atoms with Gasteiger partial charge in [0.1, 0.15) is 5.69 Å². The number of benzene rings is 1. The lowest BCUT2D eigenvalue weighted by atomic mass is 10.1. The van der Waals surface area contributed by atoms with E-state index in [2.05, 4.69) is 27.4 Å². The topological polar surface area (TPSA) is 83.8 Å². The first kappa shape index (κ1) is 10.8. The average Bonchev–Trinajstić information content (AvgIpc) is 2.77. The molecular formula is C13H14N4O. The summed E-state index contributed by atoms with van der Waals surface area (Å²) in [4.78, 5) is 17.9. The highest BCUT2D eigenvalue weighted by molar-refractivity contribution is 5.60. The highest BCUT2D eigenvalue weighted by atomic mass is 16.1. The van der Waals surface area contributed by atoms with Crippen LogP contribution in [0.5, 0.6) is 0 Å². The fraction of sp³-hybridized carbons (Fsp3) is 0.231. The fourth-order valence-corrected chi connectivity index (χ4v) is 2.38. The van der Waals surface area contributed by atoms with Gasteiger partial charge in [0.2, 0.25) is 0 Å². The molecular weight excluding hydrogens is 228 g/mol. The Labute approximate surface area is 104 Å². The van der Waals surface area contributed by atoms with Crippen LogP contribution in [-0.4, -0.2) is 16.0 Å². The molecule has 0 spiro atoms. The lowest BCUT2D eigenvalue weighted by Gasteiger charge is -2.13. The second kappa shape index (κ2) is 4.18. The van der Waals surface area contributed by atoms with Crippen molar-refractivity contribution in [2.24, 2.45) is 0 Å². The van der Waals surface area contributed by atoms with Gasteiger partial charge in [0.15, 0.2) is 5.82 Å². The summed E-state index contributed by atoms with van der Waals surface area (Å²) in [5.41, 5.74) is 8.23. The lowest BCUT2D eigenvalue weighted by molar-refractivity contribution is 0.768. The van der Waals surface area contributed by atoms with Crippen LogP contribution in [0.4, 0.5) is 11.5 Å². The van der Waals surface area contributed by atoms with Gasteiger partial charge >= 0.3 is 0 Å². The lowest BCUT2D eigenvalue weighted by Crippen LogP contribution is -2.24. The van der Waals surface area contributed by atoms with Crippen molar-refractivity contribution in [3.63, 3.8) is 0 Å². The van der Waals surface area contributed by atoms with Crippen molar-refractivity contribution in [1.29, 1.82) is 0 Å². The summed E-state index contributed by atoms with van der Waals surface area (Å²) < 4.78 is 0. The number of rotatable bonds is 2. The Bertz CT molecular complexity index is 610. The fourth-order valence-electron chi connectivity index (χ4n) is 2.38. The molecule has 2 aromatic rings. The number of aromatic nitrogens is 2. The van der Waals surface area contributed by atoms with Crippen LogP contribution in [0.2, 0.25) is 0 Å². The first-order chi connectivity index (χ1) is 8.74. The largest absolute Gasteiger partial charge is 0.391 e. The Balaban J connectivity index is 1.80. The monoisotopic (exact) mass is 242 g/mol. The molecule has 1 heterocycles. The summed E-state index contributed by atoms with van der Waals surface area (Å²) in [5, 5.41) is 3.24. The molecule has 0 unspecified atom stereocenters. The normalized spacial score (nSPS) is 14.4. The van der Waals surface area contributed by atoms with E-state index in [0.717, 1.165) is 12.8 Å². The molecule has 0 radical (unpaired) electrons. The molecule has 0 saturated heterocycles. The Morgan fingerprint density at radius 2 is 1.94 bits per heavy atom. The van der Waals surface area contributed by atoms with Crippen LogP contribution in [0, 0.1) is 0 Å². The number of hydrogen-bond acceptors (Lipinski definition) is 4. The van der Waals surface area contributed by atoms with Gasteiger partial charge in [0.25, 0.3) is 5.56 Å². The molecule has 0 fully saturated rings. The number of hydrogen-bond donors (Lipinski definition) is 3. The zero-order valence-corrected chi connectivity index (χ0v) is 9.81. The Kier molecular flexibility index (Phi) is 2.51. The van der Waals surface area contributed by atoms with Crippen LogP contribution in [0.1, 0.15) is 11.1 Å². The predicted octanol–water partition coefficient (Wildman–Crippen LogP) is 0.931. The maximum atomic E-state index is 11.4. The molecule has 5 nitrogen and oxygen atoms in total. The van der Waals surface area contributed by atoms with Crippen molar-refractivity contribution in [2.45, 2.75) is 18.9 Å². The van der Waals surface area contributed by atoms with Gasteiger partial charge in [-0.15, -0.1) is 0 Å². The summed E-state index contributed by atoms with van der Waals surface area (Å²) in [6, 6.07) is 8.60. The van der Waals surface area contributed by atoms with Crippen LogP contribution >= 0.6 is 0 Å². The predicted molar refractivity (Wildman–Crippen MR) is 70.5 cm³/mol. The van der Waals surface area contributed by atoms with Crippen molar-refractivity contribution in [2.75, 3.05) is 11.1 Å². The smallest absolute Gasteiger partial charge is 0.276 e. The summed E-state index contributed by atoms with van der Waals surface area (Å²) in [6.07, 6.45) is 3.23. The Morgan fingerprint density at radius 1 is 1.28 bits per heavy atom. The van der Waals surface area contributed by atoms with Crippen molar-refractivity contribution < 1.29 is 0 Å².